The number of carboxylic acids is 1. The van der Waals surface area contributed by atoms with Crippen LogP contribution in [0, 0.1) is 31.6 Å². The minimum Gasteiger partial charge on any atom is -0.488 e. The summed E-state index contributed by atoms with van der Waals surface area (Å²) in [7, 11) is 3.15. The number of thiazole rings is 1. The van der Waals surface area contributed by atoms with Crippen molar-refractivity contribution < 1.29 is 24.2 Å². The zero-order valence-electron chi connectivity index (χ0n) is 23.8. The van der Waals surface area contributed by atoms with Crippen molar-refractivity contribution in [3.63, 3.8) is 0 Å². The van der Waals surface area contributed by atoms with Gasteiger partial charge < -0.3 is 25.0 Å². The second-order valence-electron chi connectivity index (χ2n) is 11.1. The van der Waals surface area contributed by atoms with Crippen LogP contribution >= 0.6 is 11.3 Å². The van der Waals surface area contributed by atoms with Gasteiger partial charge in [0.25, 0.3) is 5.91 Å². The highest BCUT2D eigenvalue weighted by Gasteiger charge is 2.46. The molecule has 9 nitrogen and oxygen atoms in total. The number of piperidine rings is 1. The molecule has 1 aliphatic heterocycles. The molecule has 2 heterocycles. The van der Waals surface area contributed by atoms with E-state index in [-0.39, 0.29) is 36.1 Å². The molecule has 3 aromatic rings. The van der Waals surface area contributed by atoms with Crippen LogP contribution in [0.25, 0.3) is 11.3 Å². The van der Waals surface area contributed by atoms with E-state index in [1.165, 1.54) is 4.90 Å². The van der Waals surface area contributed by atoms with E-state index < -0.39 is 5.97 Å². The van der Waals surface area contributed by atoms with E-state index in [1.807, 2.05) is 43.5 Å². The summed E-state index contributed by atoms with van der Waals surface area (Å²) in [6.45, 7) is 5.77. The molecule has 2 atom stereocenters. The highest BCUT2D eigenvalue weighted by Crippen LogP contribution is 2.44. The van der Waals surface area contributed by atoms with Crippen molar-refractivity contribution in [1.29, 1.82) is 0 Å². The Morgan fingerprint density at radius 3 is 2.51 bits per heavy atom. The molecule has 216 valence electrons. The summed E-state index contributed by atoms with van der Waals surface area (Å²) in [5, 5.41) is 15.2. The van der Waals surface area contributed by atoms with Gasteiger partial charge in [0.15, 0.2) is 5.13 Å². The van der Waals surface area contributed by atoms with E-state index in [1.54, 1.807) is 31.5 Å². The predicted octanol–water partition coefficient (Wildman–Crippen LogP) is 4.37. The average Bonchev–Trinajstić information content (AvgIpc) is 3.55. The molecule has 1 saturated heterocycles. The monoisotopic (exact) mass is 576 g/mol. The van der Waals surface area contributed by atoms with Crippen LogP contribution in [-0.4, -0.2) is 66.5 Å². The van der Waals surface area contributed by atoms with Crippen LogP contribution < -0.4 is 15.0 Å². The smallest absolute Gasteiger partial charge is 0.307 e. The lowest BCUT2D eigenvalue weighted by atomic mass is 9.85. The largest absolute Gasteiger partial charge is 0.488 e. The molecule has 2 bridgehead atoms. The molecule has 2 unspecified atom stereocenters. The van der Waals surface area contributed by atoms with Gasteiger partial charge in [-0.05, 0) is 73.9 Å². The number of hydrogen-bond acceptors (Lipinski definition) is 7. The molecule has 1 aromatic heterocycles. The van der Waals surface area contributed by atoms with Crippen molar-refractivity contribution in [2.45, 2.75) is 33.3 Å². The number of aliphatic carboxylic acids is 1. The standard InChI is InChI=1S/C31H36N4O5S/c1-18-5-10-26(40-16-23-9-6-20(12-19(23)2)29(37)34(4)15-27(36)32-3)24(11-18)25-17-41-31(33-25)35-13-21-7-8-22(14-35)28(21)30(38)39/h5-6,9-12,17,21-22,28H,7-8,13-16H2,1-4H3,(H,32,36)(H,38,39). The highest BCUT2D eigenvalue weighted by atomic mass is 32.1. The normalized spacial score (nSPS) is 19.6. The fraction of sp³-hybridized carbons (Fsp3) is 0.419. The van der Waals surface area contributed by atoms with Gasteiger partial charge in [0.1, 0.15) is 12.4 Å². The number of carbonyl (C=O) groups excluding carboxylic acids is 2. The van der Waals surface area contributed by atoms with E-state index in [4.69, 9.17) is 9.72 Å². The van der Waals surface area contributed by atoms with E-state index in [2.05, 4.69) is 16.3 Å². The Bertz CT molecular complexity index is 1460. The zero-order chi connectivity index (χ0) is 29.3. The molecule has 10 heteroatoms. The summed E-state index contributed by atoms with van der Waals surface area (Å²) in [4.78, 5) is 44.8. The Morgan fingerprint density at radius 2 is 1.85 bits per heavy atom. The predicted molar refractivity (Wildman–Crippen MR) is 158 cm³/mol. The van der Waals surface area contributed by atoms with Gasteiger partial charge in [-0.2, -0.15) is 0 Å². The van der Waals surface area contributed by atoms with Crippen LogP contribution in [0.1, 0.15) is 39.9 Å². The molecule has 41 heavy (non-hydrogen) atoms. The van der Waals surface area contributed by atoms with Crippen LogP contribution in [0.2, 0.25) is 0 Å². The Morgan fingerprint density at radius 1 is 1.12 bits per heavy atom. The maximum atomic E-state index is 12.8. The average molecular weight is 577 g/mol. The Labute approximate surface area is 244 Å². The second-order valence-corrected chi connectivity index (χ2v) is 12.0. The fourth-order valence-electron chi connectivity index (χ4n) is 6.02. The number of nitrogens with one attached hydrogen (secondary N) is 1. The van der Waals surface area contributed by atoms with E-state index in [0.717, 1.165) is 64.8 Å². The third-order valence-corrected chi connectivity index (χ3v) is 9.17. The number of aryl methyl sites for hydroxylation is 2. The van der Waals surface area contributed by atoms with Crippen LogP contribution in [0.5, 0.6) is 5.75 Å². The van der Waals surface area contributed by atoms with Gasteiger partial charge in [-0.25, -0.2) is 4.98 Å². The lowest BCUT2D eigenvalue weighted by Crippen LogP contribution is -2.44. The van der Waals surface area contributed by atoms with Crippen molar-refractivity contribution >= 4 is 34.3 Å². The first-order chi connectivity index (χ1) is 19.6. The number of hydrogen-bond donors (Lipinski definition) is 2. The Kier molecular flexibility index (Phi) is 8.30. The van der Waals surface area contributed by atoms with Crippen LogP contribution in [0.3, 0.4) is 0 Å². The molecule has 0 spiro atoms. The molecule has 1 saturated carbocycles. The maximum absolute atomic E-state index is 12.8. The quantitative estimate of drug-likeness (QED) is 0.389. The third kappa shape index (κ3) is 6.07. The summed E-state index contributed by atoms with van der Waals surface area (Å²) in [6.07, 6.45) is 1.93. The molecule has 2 aliphatic rings. The molecule has 1 aliphatic carbocycles. The van der Waals surface area contributed by atoms with Gasteiger partial charge in [-0.3, -0.25) is 14.4 Å². The zero-order valence-corrected chi connectivity index (χ0v) is 24.7. The number of carboxylic acid groups (broad SMARTS) is 1. The number of fused-ring (bicyclic) bond motifs is 2. The molecule has 2 fully saturated rings. The first kappa shape index (κ1) is 28.6. The maximum Gasteiger partial charge on any atom is 0.307 e. The fourth-order valence-corrected chi connectivity index (χ4v) is 6.86. The van der Waals surface area contributed by atoms with Crippen molar-refractivity contribution in [3.8, 4) is 17.0 Å². The second kappa shape index (κ2) is 11.9. The number of amides is 2. The summed E-state index contributed by atoms with van der Waals surface area (Å²) >= 11 is 1.59. The first-order valence-corrected chi connectivity index (χ1v) is 14.7. The van der Waals surface area contributed by atoms with E-state index >= 15 is 0 Å². The SMILES string of the molecule is CNC(=O)CN(C)C(=O)c1ccc(COc2ccc(C)cc2-c2csc(N3CC4CCC(C3)C4C(=O)O)n2)c(C)c1. The number of likely N-dealkylation sites (N-methyl/N-ethyl adjacent to an activating group) is 2. The number of benzene rings is 2. The van der Waals surface area contributed by atoms with Gasteiger partial charge >= 0.3 is 5.97 Å². The van der Waals surface area contributed by atoms with Gasteiger partial charge in [0.05, 0.1) is 18.2 Å². The number of aromatic nitrogens is 1. The van der Waals surface area contributed by atoms with Gasteiger partial charge in [0, 0.05) is 43.7 Å². The molecule has 2 amide bonds. The summed E-state index contributed by atoms with van der Waals surface area (Å²) < 4.78 is 6.31. The lowest BCUT2D eigenvalue weighted by molar-refractivity contribution is -0.144. The number of rotatable bonds is 9. The van der Waals surface area contributed by atoms with Crippen molar-refractivity contribution in [2.24, 2.45) is 17.8 Å². The number of ether oxygens (including phenoxy) is 1. The summed E-state index contributed by atoms with van der Waals surface area (Å²) in [5.74, 6) is -0.259. The number of nitrogens with zero attached hydrogens (tertiary/aromatic N) is 3. The number of anilines is 1. The summed E-state index contributed by atoms with van der Waals surface area (Å²) in [5.41, 5.74) is 5.25. The van der Waals surface area contributed by atoms with Crippen LogP contribution in [-0.2, 0) is 16.2 Å². The number of carbonyl (C=O) groups is 3. The molecule has 5 rings (SSSR count). The van der Waals surface area contributed by atoms with Crippen LogP contribution in [0.4, 0.5) is 5.13 Å². The van der Waals surface area contributed by atoms with Gasteiger partial charge in [0.2, 0.25) is 5.91 Å². The Balaban J connectivity index is 1.29. The van der Waals surface area contributed by atoms with Gasteiger partial charge in [-0.1, -0.05) is 17.7 Å². The van der Waals surface area contributed by atoms with Crippen molar-refractivity contribution in [3.05, 3.63) is 64.0 Å². The van der Waals surface area contributed by atoms with Crippen molar-refractivity contribution in [1.82, 2.24) is 15.2 Å². The van der Waals surface area contributed by atoms with E-state index in [9.17, 15) is 19.5 Å². The Hall–Kier alpha value is -3.92. The van der Waals surface area contributed by atoms with Crippen molar-refractivity contribution in [2.75, 3.05) is 38.6 Å². The van der Waals surface area contributed by atoms with Crippen LogP contribution in [0.15, 0.2) is 41.8 Å². The molecule has 0 radical (unpaired) electrons. The molecule has 2 aromatic carbocycles. The summed E-state index contributed by atoms with van der Waals surface area (Å²) in [6, 6.07) is 11.5. The highest BCUT2D eigenvalue weighted by molar-refractivity contribution is 7.14. The van der Waals surface area contributed by atoms with Gasteiger partial charge in [-0.15, -0.1) is 11.3 Å². The molecular weight excluding hydrogens is 540 g/mol. The minimum absolute atomic E-state index is 0.00441. The molecule has 2 N–H and O–H groups in total. The lowest BCUT2D eigenvalue weighted by Gasteiger charge is -2.35. The minimum atomic E-state index is -0.664. The first-order valence-electron chi connectivity index (χ1n) is 13.9. The topological polar surface area (TPSA) is 112 Å². The van der Waals surface area contributed by atoms with E-state index in [0.29, 0.717) is 12.2 Å². The third-order valence-electron chi connectivity index (χ3n) is 8.27. The molecular formula is C31H36N4O5S.